The molecule has 1 aromatic rings. The number of carbonyl (C=O) groups is 1. The van der Waals surface area contributed by atoms with Crippen LogP contribution in [0.4, 0.5) is 0 Å². The number of hydrogen-bond donors (Lipinski definition) is 1. The molecule has 0 radical (unpaired) electrons. The van der Waals surface area contributed by atoms with Crippen molar-refractivity contribution >= 4 is 23.1 Å². The predicted molar refractivity (Wildman–Crippen MR) is 72.3 cm³/mol. The average molecular weight is 251 g/mol. The van der Waals surface area contributed by atoms with Gasteiger partial charge in [0.05, 0.1) is 0 Å². The maximum Gasteiger partial charge on any atom is 0.328 e. The SMILES string of the molecule is CC(C)C(=S)c1ccc(OC(=O)[C@H](C)N)cc1. The van der Waals surface area contributed by atoms with E-state index in [9.17, 15) is 4.79 Å². The number of hydrogen-bond acceptors (Lipinski definition) is 4. The Bertz CT molecular complexity index is 410. The van der Waals surface area contributed by atoms with Crippen LogP contribution in [-0.4, -0.2) is 16.9 Å². The van der Waals surface area contributed by atoms with Crippen molar-refractivity contribution in [1.29, 1.82) is 0 Å². The highest BCUT2D eigenvalue weighted by atomic mass is 32.1. The lowest BCUT2D eigenvalue weighted by Gasteiger charge is -2.09. The lowest BCUT2D eigenvalue weighted by atomic mass is 10.0. The standard InChI is InChI=1S/C13H17NO2S/c1-8(2)12(17)10-4-6-11(7-5-10)16-13(15)9(3)14/h4-9H,14H2,1-3H3/t9-/m0/s1. The average Bonchev–Trinajstić information content (AvgIpc) is 2.28. The number of thiocarbonyl (C=S) groups is 1. The smallest absolute Gasteiger partial charge is 0.328 e. The van der Waals surface area contributed by atoms with Crippen molar-refractivity contribution in [2.45, 2.75) is 26.8 Å². The van der Waals surface area contributed by atoms with E-state index in [-0.39, 0.29) is 0 Å². The zero-order valence-electron chi connectivity index (χ0n) is 10.3. The highest BCUT2D eigenvalue weighted by Crippen LogP contribution is 2.16. The minimum Gasteiger partial charge on any atom is -0.425 e. The summed E-state index contributed by atoms with van der Waals surface area (Å²) >= 11 is 5.29. The van der Waals surface area contributed by atoms with Crippen molar-refractivity contribution in [1.82, 2.24) is 0 Å². The van der Waals surface area contributed by atoms with E-state index in [4.69, 9.17) is 22.7 Å². The van der Waals surface area contributed by atoms with Gasteiger partial charge in [-0.2, -0.15) is 0 Å². The Morgan fingerprint density at radius 3 is 2.18 bits per heavy atom. The Balaban J connectivity index is 2.75. The molecule has 0 fully saturated rings. The maximum absolute atomic E-state index is 11.3. The Hall–Kier alpha value is -1.26. The van der Waals surface area contributed by atoms with E-state index in [1.165, 1.54) is 0 Å². The molecule has 0 aliphatic heterocycles. The first kappa shape index (κ1) is 13.8. The van der Waals surface area contributed by atoms with Crippen molar-refractivity contribution < 1.29 is 9.53 Å². The molecule has 0 aromatic heterocycles. The summed E-state index contributed by atoms with van der Waals surface area (Å²) in [6.07, 6.45) is 0. The zero-order valence-corrected chi connectivity index (χ0v) is 11.1. The Morgan fingerprint density at radius 2 is 1.76 bits per heavy atom. The fourth-order valence-corrected chi connectivity index (χ4v) is 1.37. The van der Waals surface area contributed by atoms with Gasteiger partial charge in [-0.1, -0.05) is 38.2 Å². The predicted octanol–water partition coefficient (Wildman–Crippen LogP) is 2.31. The molecule has 1 atom stereocenters. The van der Waals surface area contributed by atoms with Gasteiger partial charge in [-0.15, -0.1) is 0 Å². The summed E-state index contributed by atoms with van der Waals surface area (Å²) in [5.41, 5.74) is 6.39. The quantitative estimate of drug-likeness (QED) is 0.386. The third-order valence-corrected chi connectivity index (χ3v) is 2.96. The first-order chi connectivity index (χ1) is 7.91. The van der Waals surface area contributed by atoms with Gasteiger partial charge in [0.2, 0.25) is 0 Å². The summed E-state index contributed by atoms with van der Waals surface area (Å²) < 4.78 is 5.06. The Kier molecular flexibility index (Phi) is 4.78. The second kappa shape index (κ2) is 5.89. The number of esters is 1. The molecular weight excluding hydrogens is 234 g/mol. The van der Waals surface area contributed by atoms with Gasteiger partial charge in [-0.05, 0) is 30.5 Å². The number of nitrogens with two attached hydrogens (primary N) is 1. The fraction of sp³-hybridized carbons (Fsp3) is 0.385. The molecule has 0 saturated carbocycles. The molecular formula is C13H17NO2S. The van der Waals surface area contributed by atoms with Crippen molar-refractivity contribution in [3.8, 4) is 5.75 Å². The molecule has 0 aliphatic carbocycles. The van der Waals surface area contributed by atoms with Gasteiger partial charge in [0, 0.05) is 4.86 Å². The van der Waals surface area contributed by atoms with Gasteiger partial charge in [-0.3, -0.25) is 0 Å². The Labute approximate surface area is 107 Å². The van der Waals surface area contributed by atoms with Crippen molar-refractivity contribution in [3.63, 3.8) is 0 Å². The summed E-state index contributed by atoms with van der Waals surface area (Å²) in [7, 11) is 0. The molecule has 0 bridgehead atoms. The fourth-order valence-electron chi connectivity index (χ4n) is 1.23. The summed E-state index contributed by atoms with van der Waals surface area (Å²) in [6.45, 7) is 5.68. The van der Waals surface area contributed by atoms with Gasteiger partial charge >= 0.3 is 5.97 Å². The summed E-state index contributed by atoms with van der Waals surface area (Å²) in [4.78, 5) is 12.2. The maximum atomic E-state index is 11.3. The van der Waals surface area contributed by atoms with E-state index in [1.807, 2.05) is 26.0 Å². The third kappa shape index (κ3) is 3.91. The van der Waals surface area contributed by atoms with E-state index in [2.05, 4.69) is 0 Å². The van der Waals surface area contributed by atoms with Crippen LogP contribution in [0.3, 0.4) is 0 Å². The number of benzene rings is 1. The van der Waals surface area contributed by atoms with Crippen LogP contribution < -0.4 is 10.5 Å². The van der Waals surface area contributed by atoms with Gasteiger partial charge in [0.25, 0.3) is 0 Å². The van der Waals surface area contributed by atoms with Crippen molar-refractivity contribution in [2.24, 2.45) is 11.7 Å². The second-order valence-electron chi connectivity index (χ2n) is 4.25. The molecule has 2 N–H and O–H groups in total. The van der Waals surface area contributed by atoms with E-state index in [0.29, 0.717) is 11.7 Å². The topological polar surface area (TPSA) is 52.3 Å². The van der Waals surface area contributed by atoms with Crippen molar-refractivity contribution in [3.05, 3.63) is 29.8 Å². The monoisotopic (exact) mass is 251 g/mol. The molecule has 1 rings (SSSR count). The number of rotatable bonds is 4. The van der Waals surface area contributed by atoms with Crippen LogP contribution in [0.15, 0.2) is 24.3 Å². The molecule has 17 heavy (non-hydrogen) atoms. The molecule has 3 nitrogen and oxygen atoms in total. The van der Waals surface area contributed by atoms with Crippen molar-refractivity contribution in [2.75, 3.05) is 0 Å². The number of carbonyl (C=O) groups excluding carboxylic acids is 1. The molecule has 0 spiro atoms. The van der Waals surface area contributed by atoms with Gasteiger partial charge < -0.3 is 10.5 Å². The highest BCUT2D eigenvalue weighted by molar-refractivity contribution is 7.80. The number of ether oxygens (including phenoxy) is 1. The minimum absolute atomic E-state index is 0.322. The summed E-state index contributed by atoms with van der Waals surface area (Å²) in [5, 5.41) is 0. The molecule has 4 heteroatoms. The molecule has 92 valence electrons. The van der Waals surface area contributed by atoms with Crippen LogP contribution in [0.2, 0.25) is 0 Å². The second-order valence-corrected chi connectivity index (χ2v) is 4.69. The lowest BCUT2D eigenvalue weighted by molar-refractivity contribution is -0.135. The highest BCUT2D eigenvalue weighted by Gasteiger charge is 2.11. The molecule has 1 aromatic carbocycles. The van der Waals surface area contributed by atoms with Gasteiger partial charge in [0.15, 0.2) is 0 Å². The van der Waals surface area contributed by atoms with E-state index < -0.39 is 12.0 Å². The van der Waals surface area contributed by atoms with Crippen LogP contribution >= 0.6 is 12.2 Å². The normalized spacial score (nSPS) is 12.3. The molecule has 0 amide bonds. The van der Waals surface area contributed by atoms with E-state index in [0.717, 1.165) is 10.4 Å². The Morgan fingerprint density at radius 1 is 1.24 bits per heavy atom. The van der Waals surface area contributed by atoms with E-state index >= 15 is 0 Å². The molecule has 0 aliphatic rings. The molecule has 0 heterocycles. The summed E-state index contributed by atoms with van der Waals surface area (Å²) in [6, 6.07) is 6.54. The third-order valence-electron chi connectivity index (χ3n) is 2.25. The zero-order chi connectivity index (χ0) is 13.0. The first-order valence-corrected chi connectivity index (χ1v) is 5.94. The van der Waals surface area contributed by atoms with Gasteiger partial charge in [0.1, 0.15) is 11.8 Å². The van der Waals surface area contributed by atoms with Crippen LogP contribution in [-0.2, 0) is 4.79 Å². The van der Waals surface area contributed by atoms with Crippen LogP contribution in [0.1, 0.15) is 26.3 Å². The minimum atomic E-state index is -0.619. The van der Waals surface area contributed by atoms with Crippen LogP contribution in [0.5, 0.6) is 5.75 Å². The first-order valence-electron chi connectivity index (χ1n) is 5.53. The van der Waals surface area contributed by atoms with Gasteiger partial charge in [-0.25, -0.2) is 4.79 Å². The largest absolute Gasteiger partial charge is 0.425 e. The lowest BCUT2D eigenvalue weighted by Crippen LogP contribution is -2.30. The molecule has 0 saturated heterocycles. The molecule has 0 unspecified atom stereocenters. The van der Waals surface area contributed by atoms with E-state index in [1.54, 1.807) is 19.1 Å². The van der Waals surface area contributed by atoms with Crippen LogP contribution in [0.25, 0.3) is 0 Å². The van der Waals surface area contributed by atoms with Crippen LogP contribution in [0, 0.1) is 5.92 Å². The summed E-state index contributed by atoms with van der Waals surface area (Å²) in [5.74, 6) is 0.370.